The largest absolute Gasteiger partial charge is 0.477 e. The van der Waals surface area contributed by atoms with Gasteiger partial charge in [-0.3, -0.25) is 0 Å². The summed E-state index contributed by atoms with van der Waals surface area (Å²) in [4.78, 5) is 3.93. The van der Waals surface area contributed by atoms with Crippen molar-refractivity contribution in [2.24, 2.45) is 0 Å². The molecule has 0 amide bonds. The molecule has 0 aromatic carbocycles. The number of rotatable bonds is 6. The van der Waals surface area contributed by atoms with Gasteiger partial charge in [0.25, 0.3) is 0 Å². The Balaban J connectivity index is 2.67. The maximum absolute atomic E-state index is 12.9. The second-order valence-electron chi connectivity index (χ2n) is 3.35. The molecule has 3 nitrogen and oxygen atoms in total. The number of aromatic nitrogens is 1. The zero-order valence-corrected chi connectivity index (χ0v) is 9.22. The second-order valence-corrected chi connectivity index (χ2v) is 3.35. The summed E-state index contributed by atoms with van der Waals surface area (Å²) in [5.74, 6) is 0.197. The first-order valence-electron chi connectivity index (χ1n) is 5.19. The summed E-state index contributed by atoms with van der Waals surface area (Å²) in [5, 5.41) is 2.96. The van der Waals surface area contributed by atoms with E-state index in [4.69, 9.17) is 4.74 Å². The summed E-state index contributed by atoms with van der Waals surface area (Å²) in [5.41, 5.74) is 0.758. The number of hydrogen-bond acceptors (Lipinski definition) is 3. The van der Waals surface area contributed by atoms with Crippen LogP contribution in [-0.4, -0.2) is 18.6 Å². The Kier molecular flexibility index (Phi) is 5.04. The standard InChI is InChI=1S/C11H17FN2O/c1-3-4-5-15-11-9(7-13-2)6-10(12)8-14-11/h6,8,13H,3-5,7H2,1-2H3. The van der Waals surface area contributed by atoms with E-state index >= 15 is 0 Å². The predicted molar refractivity (Wildman–Crippen MR) is 57.4 cm³/mol. The van der Waals surface area contributed by atoms with Crippen molar-refractivity contribution in [3.05, 3.63) is 23.6 Å². The Morgan fingerprint density at radius 2 is 2.33 bits per heavy atom. The van der Waals surface area contributed by atoms with Gasteiger partial charge in [-0.2, -0.15) is 0 Å². The van der Waals surface area contributed by atoms with Crippen molar-refractivity contribution in [1.29, 1.82) is 0 Å². The molecule has 1 N–H and O–H groups in total. The van der Waals surface area contributed by atoms with Crippen molar-refractivity contribution in [2.45, 2.75) is 26.3 Å². The van der Waals surface area contributed by atoms with Crippen molar-refractivity contribution in [2.75, 3.05) is 13.7 Å². The molecule has 15 heavy (non-hydrogen) atoms. The Morgan fingerprint density at radius 1 is 1.53 bits per heavy atom. The number of unbranched alkanes of at least 4 members (excludes halogenated alkanes) is 1. The van der Waals surface area contributed by atoms with Gasteiger partial charge in [-0.25, -0.2) is 9.37 Å². The second kappa shape index (κ2) is 6.35. The van der Waals surface area contributed by atoms with Crippen molar-refractivity contribution in [3.63, 3.8) is 0 Å². The molecule has 0 aliphatic carbocycles. The average molecular weight is 212 g/mol. The van der Waals surface area contributed by atoms with Gasteiger partial charge in [0.1, 0.15) is 5.82 Å². The third-order valence-corrected chi connectivity index (χ3v) is 2.00. The van der Waals surface area contributed by atoms with Gasteiger partial charge in [0.05, 0.1) is 12.8 Å². The van der Waals surface area contributed by atoms with Crippen LogP contribution in [0.5, 0.6) is 5.88 Å². The van der Waals surface area contributed by atoms with E-state index in [-0.39, 0.29) is 5.82 Å². The van der Waals surface area contributed by atoms with E-state index in [1.54, 1.807) is 7.05 Å². The van der Waals surface area contributed by atoms with Crippen molar-refractivity contribution in [1.82, 2.24) is 10.3 Å². The summed E-state index contributed by atoms with van der Waals surface area (Å²) in [7, 11) is 1.81. The Labute approximate surface area is 89.7 Å². The summed E-state index contributed by atoms with van der Waals surface area (Å²) in [6.45, 7) is 3.29. The van der Waals surface area contributed by atoms with E-state index in [0.29, 0.717) is 19.0 Å². The number of ether oxygens (including phenoxy) is 1. The molecule has 0 aliphatic heterocycles. The van der Waals surface area contributed by atoms with E-state index in [9.17, 15) is 4.39 Å². The molecule has 0 radical (unpaired) electrons. The van der Waals surface area contributed by atoms with Crippen molar-refractivity contribution in [3.8, 4) is 5.88 Å². The lowest BCUT2D eigenvalue weighted by Crippen LogP contribution is -2.09. The lowest BCUT2D eigenvalue weighted by molar-refractivity contribution is 0.293. The Hall–Kier alpha value is -1.16. The number of halogens is 1. The van der Waals surface area contributed by atoms with Gasteiger partial charge in [0, 0.05) is 12.1 Å². The molecule has 0 saturated heterocycles. The zero-order valence-electron chi connectivity index (χ0n) is 9.22. The van der Waals surface area contributed by atoms with Gasteiger partial charge in [0.2, 0.25) is 5.88 Å². The van der Waals surface area contributed by atoms with Crippen LogP contribution in [0.1, 0.15) is 25.3 Å². The minimum atomic E-state index is -0.330. The van der Waals surface area contributed by atoms with Crippen molar-refractivity contribution < 1.29 is 9.13 Å². The fourth-order valence-corrected chi connectivity index (χ4v) is 1.23. The highest BCUT2D eigenvalue weighted by atomic mass is 19.1. The lowest BCUT2D eigenvalue weighted by atomic mass is 10.2. The molecular weight excluding hydrogens is 195 g/mol. The third-order valence-electron chi connectivity index (χ3n) is 2.00. The van der Waals surface area contributed by atoms with Crippen LogP contribution in [0, 0.1) is 5.82 Å². The summed E-state index contributed by atoms with van der Waals surface area (Å²) < 4.78 is 18.4. The monoisotopic (exact) mass is 212 g/mol. The molecule has 1 aromatic rings. The Morgan fingerprint density at radius 3 is 3.00 bits per heavy atom. The van der Waals surface area contributed by atoms with Gasteiger partial charge in [-0.05, 0) is 19.5 Å². The molecule has 0 saturated carbocycles. The fourth-order valence-electron chi connectivity index (χ4n) is 1.23. The maximum atomic E-state index is 12.9. The normalized spacial score (nSPS) is 10.3. The van der Waals surface area contributed by atoms with Crippen LogP contribution in [0.25, 0.3) is 0 Å². The molecule has 4 heteroatoms. The molecule has 0 fully saturated rings. The van der Waals surface area contributed by atoms with Crippen LogP contribution in [0.2, 0.25) is 0 Å². The van der Waals surface area contributed by atoms with E-state index in [1.165, 1.54) is 12.3 Å². The van der Waals surface area contributed by atoms with Crippen LogP contribution < -0.4 is 10.1 Å². The van der Waals surface area contributed by atoms with Gasteiger partial charge < -0.3 is 10.1 Å². The van der Waals surface area contributed by atoms with E-state index < -0.39 is 0 Å². The molecule has 0 spiro atoms. The smallest absolute Gasteiger partial charge is 0.218 e. The summed E-state index contributed by atoms with van der Waals surface area (Å²) in [6, 6.07) is 1.45. The lowest BCUT2D eigenvalue weighted by Gasteiger charge is -2.09. The quantitative estimate of drug-likeness (QED) is 0.733. The molecule has 0 aliphatic rings. The van der Waals surface area contributed by atoms with Gasteiger partial charge in [0.15, 0.2) is 0 Å². The number of hydrogen-bond donors (Lipinski definition) is 1. The molecular formula is C11H17FN2O. The molecule has 1 aromatic heterocycles. The van der Waals surface area contributed by atoms with Crippen LogP contribution in [0.3, 0.4) is 0 Å². The fraction of sp³-hybridized carbons (Fsp3) is 0.545. The third kappa shape index (κ3) is 3.83. The van der Waals surface area contributed by atoms with E-state index in [0.717, 1.165) is 18.4 Å². The molecule has 0 atom stereocenters. The first-order chi connectivity index (χ1) is 7.27. The highest BCUT2D eigenvalue weighted by Crippen LogP contribution is 2.16. The minimum Gasteiger partial charge on any atom is -0.477 e. The highest BCUT2D eigenvalue weighted by molar-refractivity contribution is 5.25. The number of nitrogens with one attached hydrogen (secondary N) is 1. The Bertz CT molecular complexity index is 305. The predicted octanol–water partition coefficient (Wildman–Crippen LogP) is 2.12. The first kappa shape index (κ1) is 11.9. The molecule has 84 valence electrons. The van der Waals surface area contributed by atoms with Crippen LogP contribution in [-0.2, 0) is 6.54 Å². The molecule has 0 unspecified atom stereocenters. The minimum absolute atomic E-state index is 0.330. The molecule has 0 bridgehead atoms. The number of pyridine rings is 1. The van der Waals surface area contributed by atoms with Gasteiger partial charge in [-0.15, -0.1) is 0 Å². The van der Waals surface area contributed by atoms with Crippen LogP contribution in [0.4, 0.5) is 4.39 Å². The zero-order chi connectivity index (χ0) is 11.1. The van der Waals surface area contributed by atoms with Crippen LogP contribution >= 0.6 is 0 Å². The molecule has 1 rings (SSSR count). The summed E-state index contributed by atoms with van der Waals surface area (Å²) in [6.07, 6.45) is 3.24. The highest BCUT2D eigenvalue weighted by Gasteiger charge is 2.05. The van der Waals surface area contributed by atoms with Gasteiger partial charge in [-0.1, -0.05) is 13.3 Å². The SMILES string of the molecule is CCCCOc1ncc(F)cc1CNC. The van der Waals surface area contributed by atoms with E-state index in [1.807, 2.05) is 0 Å². The number of nitrogens with zero attached hydrogens (tertiary/aromatic N) is 1. The summed E-state index contributed by atoms with van der Waals surface area (Å²) >= 11 is 0. The molecule has 1 heterocycles. The first-order valence-corrected chi connectivity index (χ1v) is 5.19. The maximum Gasteiger partial charge on any atom is 0.218 e. The van der Waals surface area contributed by atoms with Crippen LogP contribution in [0.15, 0.2) is 12.3 Å². The van der Waals surface area contributed by atoms with E-state index in [2.05, 4.69) is 17.2 Å². The van der Waals surface area contributed by atoms with Gasteiger partial charge >= 0.3 is 0 Å². The van der Waals surface area contributed by atoms with Crippen molar-refractivity contribution >= 4 is 0 Å². The average Bonchev–Trinajstić information content (AvgIpc) is 2.22. The topological polar surface area (TPSA) is 34.1 Å².